The van der Waals surface area contributed by atoms with Gasteiger partial charge >= 0.3 is 0 Å². The van der Waals surface area contributed by atoms with Gasteiger partial charge in [-0.1, -0.05) is 12.1 Å². The maximum Gasteiger partial charge on any atom is 0.267 e. The quantitative estimate of drug-likeness (QED) is 0.519. The van der Waals surface area contributed by atoms with Crippen LogP contribution in [0.3, 0.4) is 0 Å². The van der Waals surface area contributed by atoms with E-state index in [0.717, 1.165) is 26.0 Å². The molecule has 0 radical (unpaired) electrons. The summed E-state index contributed by atoms with van der Waals surface area (Å²) in [5.74, 6) is -0.314. The Hall–Kier alpha value is -3.10. The zero-order chi connectivity index (χ0) is 20.4. The molecule has 0 aliphatic carbocycles. The SMILES string of the molecule is Cc1ccc(-c2ccc(=O)n(CC(=O)Nc3cccc(-c4csc(C)n4)c3)n2)s1. The van der Waals surface area contributed by atoms with Crippen LogP contribution in [0.5, 0.6) is 0 Å². The van der Waals surface area contributed by atoms with Crippen molar-refractivity contribution in [2.45, 2.75) is 20.4 Å². The molecule has 0 bridgehead atoms. The molecule has 8 heteroatoms. The van der Waals surface area contributed by atoms with Gasteiger partial charge in [0.05, 0.1) is 15.6 Å². The second-order valence-electron chi connectivity index (χ2n) is 6.51. The fourth-order valence-electron chi connectivity index (χ4n) is 2.85. The van der Waals surface area contributed by atoms with E-state index in [-0.39, 0.29) is 18.0 Å². The molecular formula is C21H18N4O2S2. The lowest BCUT2D eigenvalue weighted by atomic mass is 10.1. The molecule has 3 aromatic heterocycles. The number of anilines is 1. The second kappa shape index (κ2) is 8.10. The average molecular weight is 423 g/mol. The van der Waals surface area contributed by atoms with Crippen LogP contribution in [0.25, 0.3) is 21.8 Å². The van der Waals surface area contributed by atoms with Gasteiger partial charge in [0.1, 0.15) is 12.2 Å². The molecule has 146 valence electrons. The van der Waals surface area contributed by atoms with Crippen LogP contribution in [-0.4, -0.2) is 20.7 Å². The van der Waals surface area contributed by atoms with Crippen LogP contribution < -0.4 is 10.9 Å². The highest BCUT2D eigenvalue weighted by atomic mass is 32.1. The Balaban J connectivity index is 1.51. The maximum atomic E-state index is 12.5. The Labute approximate surface area is 175 Å². The standard InChI is InChI=1S/C21H18N4O2S2/c1-13-6-8-19(29-13)17-7-9-21(27)25(24-17)11-20(26)23-16-5-3-4-15(10-16)18-12-28-14(2)22-18/h3-10,12H,11H2,1-2H3,(H,23,26). The number of aryl methyl sites for hydroxylation is 2. The lowest BCUT2D eigenvalue weighted by molar-refractivity contribution is -0.117. The van der Waals surface area contributed by atoms with Crippen molar-refractivity contribution < 1.29 is 4.79 Å². The number of nitrogens with zero attached hydrogens (tertiary/aromatic N) is 3. The lowest BCUT2D eigenvalue weighted by Gasteiger charge is -2.08. The number of carbonyl (C=O) groups is 1. The molecule has 0 aliphatic rings. The number of hydrogen-bond acceptors (Lipinski definition) is 6. The van der Waals surface area contributed by atoms with Crippen molar-refractivity contribution in [2.75, 3.05) is 5.32 Å². The third kappa shape index (κ3) is 4.49. The number of thiazole rings is 1. The smallest absolute Gasteiger partial charge is 0.267 e. The molecule has 0 spiro atoms. The Kier molecular flexibility index (Phi) is 5.37. The topological polar surface area (TPSA) is 76.9 Å². The number of thiophene rings is 1. The lowest BCUT2D eigenvalue weighted by Crippen LogP contribution is -2.29. The van der Waals surface area contributed by atoms with Gasteiger partial charge in [-0.3, -0.25) is 9.59 Å². The zero-order valence-corrected chi connectivity index (χ0v) is 17.5. The van der Waals surface area contributed by atoms with Crippen LogP contribution in [0, 0.1) is 13.8 Å². The Bertz CT molecular complexity index is 1240. The van der Waals surface area contributed by atoms with Gasteiger partial charge in [0, 0.05) is 27.6 Å². The van der Waals surface area contributed by atoms with Gasteiger partial charge < -0.3 is 5.32 Å². The Morgan fingerprint density at radius 2 is 1.97 bits per heavy atom. The minimum absolute atomic E-state index is 0.156. The summed E-state index contributed by atoms with van der Waals surface area (Å²) >= 11 is 3.17. The Morgan fingerprint density at radius 1 is 1.10 bits per heavy atom. The van der Waals surface area contributed by atoms with Gasteiger partial charge in [-0.05, 0) is 44.2 Å². The molecule has 4 aromatic rings. The van der Waals surface area contributed by atoms with Gasteiger partial charge in [0.2, 0.25) is 5.91 Å². The predicted molar refractivity (Wildman–Crippen MR) is 117 cm³/mol. The van der Waals surface area contributed by atoms with Gasteiger partial charge in [-0.15, -0.1) is 22.7 Å². The number of hydrogen-bond donors (Lipinski definition) is 1. The number of benzene rings is 1. The predicted octanol–water partition coefficient (Wildman–Crippen LogP) is 4.35. The van der Waals surface area contributed by atoms with Crippen molar-refractivity contribution in [3.05, 3.63) is 74.1 Å². The van der Waals surface area contributed by atoms with Crippen LogP contribution in [0.2, 0.25) is 0 Å². The number of carbonyl (C=O) groups excluding carboxylic acids is 1. The summed E-state index contributed by atoms with van der Waals surface area (Å²) in [4.78, 5) is 31.3. The van der Waals surface area contributed by atoms with Crippen LogP contribution >= 0.6 is 22.7 Å². The van der Waals surface area contributed by atoms with Crippen LogP contribution in [0.4, 0.5) is 5.69 Å². The molecule has 1 N–H and O–H groups in total. The maximum absolute atomic E-state index is 12.5. The number of aromatic nitrogens is 3. The first-order valence-electron chi connectivity index (χ1n) is 8.95. The molecule has 0 saturated carbocycles. The minimum Gasteiger partial charge on any atom is -0.324 e. The first-order chi connectivity index (χ1) is 14.0. The molecule has 0 saturated heterocycles. The van der Waals surface area contributed by atoms with Crippen molar-refractivity contribution in [1.29, 1.82) is 0 Å². The molecule has 0 fully saturated rings. The second-order valence-corrected chi connectivity index (χ2v) is 8.86. The van der Waals surface area contributed by atoms with Gasteiger partial charge in [-0.2, -0.15) is 5.10 Å². The molecule has 1 amide bonds. The third-order valence-corrected chi connectivity index (χ3v) is 6.01. The van der Waals surface area contributed by atoms with Crippen molar-refractivity contribution in [2.24, 2.45) is 0 Å². The van der Waals surface area contributed by atoms with Crippen molar-refractivity contribution in [3.8, 4) is 21.8 Å². The van der Waals surface area contributed by atoms with E-state index in [9.17, 15) is 9.59 Å². The normalized spacial score (nSPS) is 10.8. The summed E-state index contributed by atoms with van der Waals surface area (Å²) in [5.41, 5.74) is 2.81. The molecular weight excluding hydrogens is 404 g/mol. The largest absolute Gasteiger partial charge is 0.324 e. The summed E-state index contributed by atoms with van der Waals surface area (Å²) < 4.78 is 1.19. The van der Waals surface area contributed by atoms with Crippen LogP contribution in [0.15, 0.2) is 58.7 Å². The molecule has 0 unspecified atom stereocenters. The van der Waals surface area contributed by atoms with E-state index in [1.54, 1.807) is 28.7 Å². The molecule has 3 heterocycles. The van der Waals surface area contributed by atoms with Gasteiger partial charge in [0.25, 0.3) is 5.56 Å². The Morgan fingerprint density at radius 3 is 2.69 bits per heavy atom. The first kappa shape index (κ1) is 19.2. The summed E-state index contributed by atoms with van der Waals surface area (Å²) in [6.45, 7) is 3.81. The summed E-state index contributed by atoms with van der Waals surface area (Å²) in [6, 6.07) is 14.6. The number of amides is 1. The third-order valence-electron chi connectivity index (χ3n) is 4.21. The number of nitrogens with one attached hydrogen (secondary N) is 1. The highest BCUT2D eigenvalue weighted by molar-refractivity contribution is 7.15. The average Bonchev–Trinajstić information content (AvgIpc) is 3.32. The van der Waals surface area contributed by atoms with Crippen molar-refractivity contribution in [1.82, 2.24) is 14.8 Å². The molecule has 1 aromatic carbocycles. The van der Waals surface area contributed by atoms with Gasteiger partial charge in [-0.25, -0.2) is 9.67 Å². The van der Waals surface area contributed by atoms with Crippen LogP contribution in [0.1, 0.15) is 9.88 Å². The monoisotopic (exact) mass is 422 g/mol. The minimum atomic E-state index is -0.316. The first-order valence-corrected chi connectivity index (χ1v) is 10.6. The molecule has 4 rings (SSSR count). The number of rotatable bonds is 5. The van der Waals surface area contributed by atoms with E-state index >= 15 is 0 Å². The molecule has 29 heavy (non-hydrogen) atoms. The van der Waals surface area contributed by atoms with Crippen molar-refractivity contribution >= 4 is 34.3 Å². The highest BCUT2D eigenvalue weighted by Crippen LogP contribution is 2.25. The molecule has 0 atom stereocenters. The summed E-state index contributed by atoms with van der Waals surface area (Å²) in [5, 5.41) is 10.2. The van der Waals surface area contributed by atoms with Crippen LogP contribution in [-0.2, 0) is 11.3 Å². The fourth-order valence-corrected chi connectivity index (χ4v) is 4.31. The zero-order valence-electron chi connectivity index (χ0n) is 15.9. The summed E-state index contributed by atoms with van der Waals surface area (Å²) in [6.07, 6.45) is 0. The van der Waals surface area contributed by atoms with E-state index < -0.39 is 0 Å². The highest BCUT2D eigenvalue weighted by Gasteiger charge is 2.10. The van der Waals surface area contributed by atoms with Gasteiger partial charge in [0.15, 0.2) is 0 Å². The van der Waals surface area contributed by atoms with E-state index in [1.807, 2.05) is 55.6 Å². The van der Waals surface area contributed by atoms with E-state index in [4.69, 9.17) is 0 Å². The fraction of sp³-hybridized carbons (Fsp3) is 0.143. The van der Waals surface area contributed by atoms with E-state index in [0.29, 0.717) is 11.4 Å². The van der Waals surface area contributed by atoms with Crippen molar-refractivity contribution in [3.63, 3.8) is 0 Å². The molecule has 0 aliphatic heterocycles. The van der Waals surface area contributed by atoms with E-state index in [1.165, 1.54) is 10.7 Å². The molecule has 6 nitrogen and oxygen atoms in total. The summed E-state index contributed by atoms with van der Waals surface area (Å²) in [7, 11) is 0. The van der Waals surface area contributed by atoms with E-state index in [2.05, 4.69) is 15.4 Å².